The van der Waals surface area contributed by atoms with Gasteiger partial charge in [-0.05, 0) is 44.9 Å². The molecule has 0 spiro atoms. The van der Waals surface area contributed by atoms with Crippen LogP contribution in [0.3, 0.4) is 0 Å². The molecule has 1 aromatic heterocycles. The Morgan fingerprint density at radius 1 is 1.33 bits per heavy atom. The first kappa shape index (κ1) is 20.4. The van der Waals surface area contributed by atoms with E-state index < -0.39 is 5.60 Å². The van der Waals surface area contributed by atoms with Crippen molar-refractivity contribution >= 4 is 23.0 Å². The summed E-state index contributed by atoms with van der Waals surface area (Å²) in [4.78, 5) is 24.4. The van der Waals surface area contributed by atoms with Crippen LogP contribution < -0.4 is 10.1 Å². The molecule has 0 radical (unpaired) electrons. The highest BCUT2D eigenvalue weighted by molar-refractivity contribution is 5.89. The average molecular weight is 414 g/mol. The summed E-state index contributed by atoms with van der Waals surface area (Å²) in [6, 6.07) is 6.25. The Hall–Kier alpha value is -2.90. The summed E-state index contributed by atoms with van der Waals surface area (Å²) in [5.41, 5.74) is 1.83. The molecule has 1 saturated heterocycles. The lowest BCUT2D eigenvalue weighted by molar-refractivity contribution is 0.0137. The summed E-state index contributed by atoms with van der Waals surface area (Å²) in [5.74, 6) is 1.82. The van der Waals surface area contributed by atoms with Gasteiger partial charge in [0.2, 0.25) is 0 Å². The van der Waals surface area contributed by atoms with E-state index in [0.29, 0.717) is 19.6 Å². The van der Waals surface area contributed by atoms with Crippen molar-refractivity contribution in [1.29, 1.82) is 0 Å². The normalized spacial score (nSPS) is 18.9. The van der Waals surface area contributed by atoms with Crippen LogP contribution in [0.15, 0.2) is 29.4 Å². The van der Waals surface area contributed by atoms with Crippen molar-refractivity contribution in [3.05, 3.63) is 30.0 Å². The van der Waals surface area contributed by atoms with Crippen LogP contribution in [-0.2, 0) is 11.2 Å². The summed E-state index contributed by atoms with van der Waals surface area (Å²) in [7, 11) is 1.70. The molecule has 0 bridgehead atoms. The number of aromatic nitrogens is 1. The number of aromatic amines is 1. The number of fused-ring (bicyclic) bond motifs is 2. The van der Waals surface area contributed by atoms with Gasteiger partial charge in [0.15, 0.2) is 5.96 Å². The number of carbonyl (C=O) groups is 1. The van der Waals surface area contributed by atoms with E-state index in [1.54, 1.807) is 12.0 Å². The first-order chi connectivity index (χ1) is 14.4. The number of hydrogen-bond donors (Lipinski definition) is 2. The molecule has 1 amide bonds. The van der Waals surface area contributed by atoms with E-state index in [2.05, 4.69) is 26.3 Å². The van der Waals surface area contributed by atoms with Crippen molar-refractivity contribution in [1.82, 2.24) is 20.1 Å². The number of piperazine rings is 1. The third-order valence-corrected chi connectivity index (χ3v) is 5.50. The molecule has 4 rings (SSSR count). The van der Waals surface area contributed by atoms with Gasteiger partial charge in [0.1, 0.15) is 11.4 Å². The SMILES string of the molecule is COc1cccc2[nH]cc(CCNC3=NCC4CN(C(=O)OC(C)(C)C)CCN34)c12. The molecule has 30 heavy (non-hydrogen) atoms. The Bertz CT molecular complexity index is 946. The summed E-state index contributed by atoms with van der Waals surface area (Å²) < 4.78 is 11.0. The standard InChI is InChI=1S/C22H31N5O3/c1-22(2,3)30-21(28)26-10-11-27-16(14-26)13-25-20(27)23-9-8-15-12-24-17-6-5-7-18(29-4)19(15)17/h5-7,12,16,24H,8-11,13-14H2,1-4H3,(H,23,25). The quantitative estimate of drug-likeness (QED) is 0.805. The second-order valence-corrected chi connectivity index (χ2v) is 8.81. The lowest BCUT2D eigenvalue weighted by Gasteiger charge is -2.39. The summed E-state index contributed by atoms with van der Waals surface area (Å²) in [5, 5.41) is 4.63. The molecule has 8 heteroatoms. The van der Waals surface area contributed by atoms with Crippen LogP contribution >= 0.6 is 0 Å². The van der Waals surface area contributed by atoms with Crippen molar-refractivity contribution in [2.75, 3.05) is 39.8 Å². The minimum absolute atomic E-state index is 0.210. The minimum Gasteiger partial charge on any atom is -0.496 e. The zero-order chi connectivity index (χ0) is 21.3. The Labute approximate surface area is 177 Å². The van der Waals surface area contributed by atoms with E-state index in [0.717, 1.165) is 42.1 Å². The lowest BCUT2D eigenvalue weighted by atomic mass is 10.1. The predicted octanol–water partition coefficient (Wildman–Crippen LogP) is 2.60. The number of hydrogen-bond acceptors (Lipinski definition) is 6. The van der Waals surface area contributed by atoms with Crippen molar-refractivity contribution in [2.24, 2.45) is 4.99 Å². The number of carbonyl (C=O) groups excluding carboxylic acids is 1. The molecule has 1 aromatic carbocycles. The van der Waals surface area contributed by atoms with Gasteiger partial charge in [-0.3, -0.25) is 4.99 Å². The Morgan fingerprint density at radius 2 is 2.17 bits per heavy atom. The summed E-state index contributed by atoms with van der Waals surface area (Å²) >= 11 is 0. The number of amides is 1. The minimum atomic E-state index is -0.474. The Balaban J connectivity index is 1.31. The second-order valence-electron chi connectivity index (χ2n) is 8.81. The maximum Gasteiger partial charge on any atom is 0.410 e. The number of methoxy groups -OCH3 is 1. The van der Waals surface area contributed by atoms with E-state index >= 15 is 0 Å². The van der Waals surface area contributed by atoms with E-state index in [4.69, 9.17) is 9.47 Å². The van der Waals surface area contributed by atoms with Gasteiger partial charge in [0, 0.05) is 43.3 Å². The maximum absolute atomic E-state index is 12.4. The van der Waals surface area contributed by atoms with Crippen LogP contribution in [0.2, 0.25) is 0 Å². The number of H-pyrrole nitrogens is 1. The molecular weight excluding hydrogens is 382 g/mol. The molecule has 2 aromatic rings. The number of rotatable bonds is 4. The molecule has 1 unspecified atom stereocenters. The molecule has 8 nitrogen and oxygen atoms in total. The van der Waals surface area contributed by atoms with E-state index in [1.807, 2.05) is 39.1 Å². The van der Waals surface area contributed by atoms with E-state index in [-0.39, 0.29) is 12.1 Å². The second kappa shape index (κ2) is 8.08. The van der Waals surface area contributed by atoms with Gasteiger partial charge < -0.3 is 29.6 Å². The lowest BCUT2D eigenvalue weighted by Crippen LogP contribution is -2.57. The molecule has 2 N–H and O–H groups in total. The van der Waals surface area contributed by atoms with Crippen LogP contribution in [-0.4, -0.2) is 78.3 Å². The van der Waals surface area contributed by atoms with Crippen LogP contribution in [0.4, 0.5) is 4.79 Å². The molecule has 2 aliphatic heterocycles. The van der Waals surface area contributed by atoms with Crippen molar-refractivity contribution in [2.45, 2.75) is 38.8 Å². The number of nitrogens with zero attached hydrogens (tertiary/aromatic N) is 3. The Kier molecular flexibility index (Phi) is 5.49. The first-order valence-electron chi connectivity index (χ1n) is 10.5. The summed E-state index contributed by atoms with van der Waals surface area (Å²) in [6.45, 7) is 9.21. The fourth-order valence-corrected chi connectivity index (χ4v) is 4.12. The molecule has 1 atom stereocenters. The van der Waals surface area contributed by atoms with Gasteiger partial charge >= 0.3 is 6.09 Å². The van der Waals surface area contributed by atoms with Gasteiger partial charge in [-0.25, -0.2) is 4.79 Å². The zero-order valence-electron chi connectivity index (χ0n) is 18.2. The fraction of sp³-hybridized carbons (Fsp3) is 0.545. The van der Waals surface area contributed by atoms with Gasteiger partial charge in [-0.15, -0.1) is 0 Å². The van der Waals surface area contributed by atoms with E-state index in [1.165, 1.54) is 5.56 Å². The highest BCUT2D eigenvalue weighted by atomic mass is 16.6. The number of ether oxygens (including phenoxy) is 2. The highest BCUT2D eigenvalue weighted by Gasteiger charge is 2.36. The van der Waals surface area contributed by atoms with Crippen LogP contribution in [0.1, 0.15) is 26.3 Å². The highest BCUT2D eigenvalue weighted by Crippen LogP contribution is 2.28. The van der Waals surface area contributed by atoms with Gasteiger partial charge in [0.05, 0.1) is 19.7 Å². The molecule has 3 heterocycles. The molecule has 2 aliphatic rings. The third-order valence-electron chi connectivity index (χ3n) is 5.50. The molecule has 1 fully saturated rings. The van der Waals surface area contributed by atoms with Crippen LogP contribution in [0.5, 0.6) is 5.75 Å². The smallest absolute Gasteiger partial charge is 0.410 e. The fourth-order valence-electron chi connectivity index (χ4n) is 4.12. The molecule has 0 saturated carbocycles. The number of benzene rings is 1. The number of guanidine groups is 1. The molecule has 0 aliphatic carbocycles. The zero-order valence-corrected chi connectivity index (χ0v) is 18.2. The van der Waals surface area contributed by atoms with Crippen LogP contribution in [0, 0.1) is 0 Å². The van der Waals surface area contributed by atoms with Crippen molar-refractivity contribution < 1.29 is 14.3 Å². The van der Waals surface area contributed by atoms with Crippen molar-refractivity contribution in [3.63, 3.8) is 0 Å². The molecular formula is C22H31N5O3. The van der Waals surface area contributed by atoms with Gasteiger partial charge in [0.25, 0.3) is 0 Å². The number of aliphatic imine (C=N–C) groups is 1. The number of nitrogens with one attached hydrogen (secondary N) is 2. The third kappa shape index (κ3) is 4.17. The Morgan fingerprint density at radius 3 is 2.93 bits per heavy atom. The van der Waals surface area contributed by atoms with E-state index in [9.17, 15) is 4.79 Å². The van der Waals surface area contributed by atoms with Gasteiger partial charge in [-0.1, -0.05) is 6.07 Å². The first-order valence-corrected chi connectivity index (χ1v) is 10.5. The van der Waals surface area contributed by atoms with Gasteiger partial charge in [-0.2, -0.15) is 0 Å². The topological polar surface area (TPSA) is 82.2 Å². The summed E-state index contributed by atoms with van der Waals surface area (Å²) in [6.07, 6.45) is 2.67. The van der Waals surface area contributed by atoms with Crippen LogP contribution in [0.25, 0.3) is 10.9 Å². The van der Waals surface area contributed by atoms with Crippen molar-refractivity contribution in [3.8, 4) is 5.75 Å². The monoisotopic (exact) mass is 413 g/mol. The maximum atomic E-state index is 12.4. The molecule has 162 valence electrons. The largest absolute Gasteiger partial charge is 0.496 e. The predicted molar refractivity (Wildman–Crippen MR) is 117 cm³/mol. The average Bonchev–Trinajstić information content (AvgIpc) is 3.30.